The molecule has 0 atom stereocenters. The maximum atomic E-state index is 11.2. The van der Waals surface area contributed by atoms with Crippen LogP contribution in [0.4, 0.5) is 0 Å². The van der Waals surface area contributed by atoms with Crippen molar-refractivity contribution in [2.75, 3.05) is 0 Å². The lowest BCUT2D eigenvalue weighted by Crippen LogP contribution is -2.49. The second-order valence-corrected chi connectivity index (χ2v) is 2.67. The largest absolute Gasteiger partial charge is 0.367 e. The number of hydrogen-bond acceptors (Lipinski definition) is 5. The number of H-pyrrole nitrogens is 1. The Balaban J connectivity index is 3.45. The van der Waals surface area contributed by atoms with Crippen molar-refractivity contribution < 1.29 is 10.2 Å². The monoisotopic (exact) mass is 203 g/mol. The third-order valence-electron chi connectivity index (χ3n) is 1.63. The molecule has 78 valence electrons. The molecular weight excluding hydrogens is 194 g/mol. The van der Waals surface area contributed by atoms with Gasteiger partial charge in [-0.3, -0.25) is 4.98 Å². The number of rotatable bonds is 2. The van der Waals surface area contributed by atoms with Crippen LogP contribution in [0.2, 0.25) is 0 Å². The topological polar surface area (TPSA) is 117 Å². The average molecular weight is 203 g/mol. The van der Waals surface area contributed by atoms with Gasteiger partial charge < -0.3 is 10.2 Å². The number of aromatic nitrogens is 3. The van der Waals surface area contributed by atoms with E-state index >= 15 is 0 Å². The molecule has 14 heavy (non-hydrogen) atoms. The zero-order valence-corrected chi connectivity index (χ0v) is 7.30. The minimum Gasteiger partial charge on any atom is -0.367 e. The Bertz CT molecular complexity index is 493. The van der Waals surface area contributed by atoms with Crippen LogP contribution >= 0.6 is 0 Å². The van der Waals surface area contributed by atoms with Gasteiger partial charge in [-0.15, -0.1) is 0 Å². The molecule has 1 rings (SSSR count). The first kappa shape index (κ1) is 10.4. The molecule has 8 nitrogen and oxygen atoms in total. The van der Waals surface area contributed by atoms with Crippen molar-refractivity contribution >= 4 is 0 Å². The SMILES string of the molecule is Cn1c(=O)[nH]c(=O)n(CC(O)O)c1=O. The molecule has 0 radical (unpaired) electrons. The minimum absolute atomic E-state index is 0.520. The van der Waals surface area contributed by atoms with E-state index in [9.17, 15) is 14.4 Å². The highest BCUT2D eigenvalue weighted by molar-refractivity contribution is 4.72. The molecule has 0 fully saturated rings. The highest BCUT2D eigenvalue weighted by Gasteiger charge is 2.09. The Hall–Kier alpha value is -1.67. The van der Waals surface area contributed by atoms with Crippen LogP contribution in [0.1, 0.15) is 0 Å². The van der Waals surface area contributed by atoms with E-state index in [1.54, 1.807) is 0 Å². The molecule has 8 heteroatoms. The lowest BCUT2D eigenvalue weighted by molar-refractivity contribution is -0.0532. The van der Waals surface area contributed by atoms with Crippen molar-refractivity contribution in [2.45, 2.75) is 12.8 Å². The molecule has 0 spiro atoms. The molecule has 0 unspecified atom stereocenters. The standard InChI is InChI=1S/C6H9N3O5/c1-8-4(12)7-5(13)9(6(8)14)2-3(10)11/h3,10-11H,2H2,1H3,(H,7,12,13). The van der Waals surface area contributed by atoms with Gasteiger partial charge in [0.15, 0.2) is 6.29 Å². The smallest absolute Gasteiger partial charge is 0.336 e. The first-order valence-corrected chi connectivity index (χ1v) is 3.69. The Morgan fingerprint density at radius 1 is 1.29 bits per heavy atom. The summed E-state index contributed by atoms with van der Waals surface area (Å²) in [6.07, 6.45) is -1.83. The van der Waals surface area contributed by atoms with Crippen molar-refractivity contribution in [3.05, 3.63) is 31.5 Å². The predicted molar refractivity (Wildman–Crippen MR) is 44.8 cm³/mol. The van der Waals surface area contributed by atoms with Gasteiger partial charge in [0, 0.05) is 7.05 Å². The summed E-state index contributed by atoms with van der Waals surface area (Å²) in [4.78, 5) is 35.0. The predicted octanol–water partition coefficient (Wildman–Crippen LogP) is -3.45. The summed E-state index contributed by atoms with van der Waals surface area (Å²) in [5.74, 6) is 0. The van der Waals surface area contributed by atoms with Crippen molar-refractivity contribution in [1.82, 2.24) is 14.1 Å². The van der Waals surface area contributed by atoms with E-state index in [2.05, 4.69) is 0 Å². The zero-order chi connectivity index (χ0) is 10.9. The van der Waals surface area contributed by atoms with E-state index in [0.717, 1.165) is 0 Å². The zero-order valence-electron chi connectivity index (χ0n) is 7.30. The summed E-state index contributed by atoms with van der Waals surface area (Å²) in [7, 11) is 1.17. The van der Waals surface area contributed by atoms with Gasteiger partial charge in [-0.25, -0.2) is 23.5 Å². The second kappa shape index (κ2) is 3.60. The number of aromatic amines is 1. The Morgan fingerprint density at radius 3 is 2.36 bits per heavy atom. The van der Waals surface area contributed by atoms with Crippen LogP contribution < -0.4 is 17.1 Å². The maximum Gasteiger partial charge on any atom is 0.336 e. The molecule has 0 aliphatic heterocycles. The highest BCUT2D eigenvalue weighted by atomic mass is 16.5. The fourth-order valence-corrected chi connectivity index (χ4v) is 0.922. The van der Waals surface area contributed by atoms with Gasteiger partial charge in [0.05, 0.1) is 6.54 Å². The average Bonchev–Trinajstić information content (AvgIpc) is 2.09. The molecule has 0 aliphatic rings. The quantitative estimate of drug-likeness (QED) is 0.432. The van der Waals surface area contributed by atoms with Crippen molar-refractivity contribution in [1.29, 1.82) is 0 Å². The Labute approximate surface area is 76.7 Å². The molecule has 1 aromatic rings. The summed E-state index contributed by atoms with van der Waals surface area (Å²) in [5, 5.41) is 17.1. The van der Waals surface area contributed by atoms with Gasteiger partial charge in [-0.05, 0) is 0 Å². The molecule has 0 saturated heterocycles. The first-order valence-electron chi connectivity index (χ1n) is 3.69. The molecular formula is C6H9N3O5. The number of hydrogen-bond donors (Lipinski definition) is 3. The Kier molecular flexibility index (Phi) is 2.68. The van der Waals surface area contributed by atoms with E-state index in [1.165, 1.54) is 7.05 Å². The third kappa shape index (κ3) is 1.80. The maximum absolute atomic E-state index is 11.2. The number of nitrogens with one attached hydrogen (secondary N) is 1. The summed E-state index contributed by atoms with van der Waals surface area (Å²) in [6, 6.07) is 0. The van der Waals surface area contributed by atoms with E-state index in [4.69, 9.17) is 10.2 Å². The van der Waals surface area contributed by atoms with Crippen LogP contribution in [0.15, 0.2) is 14.4 Å². The summed E-state index contributed by atoms with van der Waals surface area (Å²) >= 11 is 0. The number of aliphatic hydroxyl groups is 2. The van der Waals surface area contributed by atoms with E-state index in [1.807, 2.05) is 4.98 Å². The van der Waals surface area contributed by atoms with Crippen LogP contribution in [0, 0.1) is 0 Å². The van der Waals surface area contributed by atoms with Gasteiger partial charge in [0.1, 0.15) is 0 Å². The number of nitrogens with zero attached hydrogens (tertiary/aromatic N) is 2. The van der Waals surface area contributed by atoms with Gasteiger partial charge in [0.25, 0.3) is 0 Å². The summed E-state index contributed by atoms with van der Waals surface area (Å²) in [6.45, 7) is -0.581. The van der Waals surface area contributed by atoms with Crippen molar-refractivity contribution in [3.63, 3.8) is 0 Å². The molecule has 3 N–H and O–H groups in total. The van der Waals surface area contributed by atoms with Gasteiger partial charge >= 0.3 is 17.1 Å². The fourth-order valence-electron chi connectivity index (χ4n) is 0.922. The highest BCUT2D eigenvalue weighted by Crippen LogP contribution is 1.76. The van der Waals surface area contributed by atoms with Crippen molar-refractivity contribution in [2.24, 2.45) is 7.05 Å². The lowest BCUT2D eigenvalue weighted by atomic mass is 10.6. The van der Waals surface area contributed by atoms with Gasteiger partial charge in [-0.1, -0.05) is 0 Å². The molecule has 0 amide bonds. The third-order valence-corrected chi connectivity index (χ3v) is 1.63. The lowest BCUT2D eigenvalue weighted by Gasteiger charge is -2.06. The Morgan fingerprint density at radius 2 is 1.86 bits per heavy atom. The summed E-state index contributed by atoms with van der Waals surface area (Å²) in [5.41, 5.74) is -2.71. The van der Waals surface area contributed by atoms with Crippen LogP contribution in [-0.4, -0.2) is 30.6 Å². The van der Waals surface area contributed by atoms with Crippen LogP contribution in [0.5, 0.6) is 0 Å². The molecule has 0 aliphatic carbocycles. The normalized spacial score (nSPS) is 10.9. The summed E-state index contributed by atoms with van der Waals surface area (Å²) < 4.78 is 1.18. The fraction of sp³-hybridized carbons (Fsp3) is 0.500. The number of aliphatic hydroxyl groups excluding tert-OH is 1. The minimum atomic E-state index is -1.83. The van der Waals surface area contributed by atoms with Gasteiger partial charge in [-0.2, -0.15) is 0 Å². The van der Waals surface area contributed by atoms with Crippen LogP contribution in [-0.2, 0) is 13.6 Å². The van der Waals surface area contributed by atoms with E-state index in [0.29, 0.717) is 9.13 Å². The second-order valence-electron chi connectivity index (χ2n) is 2.67. The van der Waals surface area contributed by atoms with Crippen LogP contribution in [0.3, 0.4) is 0 Å². The van der Waals surface area contributed by atoms with Crippen molar-refractivity contribution in [3.8, 4) is 0 Å². The molecule has 1 aromatic heterocycles. The molecule has 0 bridgehead atoms. The van der Waals surface area contributed by atoms with Crippen LogP contribution in [0.25, 0.3) is 0 Å². The molecule has 0 aromatic carbocycles. The molecule has 0 saturated carbocycles. The van der Waals surface area contributed by atoms with E-state index < -0.39 is 29.9 Å². The van der Waals surface area contributed by atoms with Gasteiger partial charge in [0.2, 0.25) is 0 Å². The molecule has 1 heterocycles. The first-order chi connectivity index (χ1) is 6.43. The van der Waals surface area contributed by atoms with E-state index in [-0.39, 0.29) is 0 Å².